The van der Waals surface area contributed by atoms with E-state index in [0.29, 0.717) is 24.4 Å². The molecule has 0 bridgehead atoms. The molecule has 3 heteroatoms. The minimum absolute atomic E-state index is 0.150. The fourth-order valence-electron chi connectivity index (χ4n) is 2.42. The second-order valence-corrected chi connectivity index (χ2v) is 4.66. The van der Waals surface area contributed by atoms with Crippen molar-refractivity contribution in [1.29, 1.82) is 0 Å². The highest BCUT2D eigenvalue weighted by Crippen LogP contribution is 2.28. The lowest BCUT2D eigenvalue weighted by Gasteiger charge is -2.35. The summed E-state index contributed by atoms with van der Waals surface area (Å²) >= 11 is 0. The monoisotopic (exact) mass is 201 g/mol. The van der Waals surface area contributed by atoms with Gasteiger partial charge in [0.2, 0.25) is 0 Å². The van der Waals surface area contributed by atoms with Gasteiger partial charge in [-0.2, -0.15) is 0 Å². The maximum atomic E-state index is 9.25. The lowest BCUT2D eigenvalue weighted by molar-refractivity contribution is 0.0828. The number of aliphatic hydroxyl groups excluding tert-OH is 2. The molecule has 0 aromatic carbocycles. The molecule has 0 aromatic heterocycles. The molecule has 0 radical (unpaired) electrons. The van der Waals surface area contributed by atoms with Crippen molar-refractivity contribution < 1.29 is 10.2 Å². The van der Waals surface area contributed by atoms with Gasteiger partial charge < -0.3 is 15.5 Å². The van der Waals surface area contributed by atoms with Gasteiger partial charge in [0.15, 0.2) is 0 Å². The molecule has 0 aromatic rings. The molecule has 14 heavy (non-hydrogen) atoms. The Labute approximate surface area is 86.5 Å². The van der Waals surface area contributed by atoms with Crippen LogP contribution in [0.4, 0.5) is 0 Å². The largest absolute Gasteiger partial charge is 0.394 e. The van der Waals surface area contributed by atoms with E-state index < -0.39 is 6.10 Å². The Bertz CT molecular complexity index is 153. The van der Waals surface area contributed by atoms with Crippen LogP contribution in [0.15, 0.2) is 0 Å². The molecule has 84 valence electrons. The molecule has 1 aliphatic rings. The molecule has 1 saturated carbocycles. The molecule has 0 amide bonds. The Kier molecular flexibility index (Phi) is 4.85. The summed E-state index contributed by atoms with van der Waals surface area (Å²) in [5.41, 5.74) is 0. The van der Waals surface area contributed by atoms with E-state index in [9.17, 15) is 5.11 Å². The van der Waals surface area contributed by atoms with E-state index in [-0.39, 0.29) is 6.61 Å². The summed E-state index contributed by atoms with van der Waals surface area (Å²) in [6, 6.07) is 0.505. The van der Waals surface area contributed by atoms with Gasteiger partial charge in [0, 0.05) is 12.6 Å². The van der Waals surface area contributed by atoms with Crippen LogP contribution >= 0.6 is 0 Å². The van der Waals surface area contributed by atoms with E-state index in [4.69, 9.17) is 5.11 Å². The Hall–Kier alpha value is -0.120. The summed E-state index contributed by atoms with van der Waals surface area (Å²) in [6.07, 6.45) is 3.26. The Morgan fingerprint density at radius 1 is 1.29 bits per heavy atom. The maximum absolute atomic E-state index is 9.25. The molecule has 3 N–H and O–H groups in total. The van der Waals surface area contributed by atoms with E-state index in [2.05, 4.69) is 19.2 Å². The SMILES string of the molecule is CC1CCCC(C)C1NCC(O)CO. The first-order valence-corrected chi connectivity index (χ1v) is 5.67. The summed E-state index contributed by atoms with van der Waals surface area (Å²) in [4.78, 5) is 0. The summed E-state index contributed by atoms with van der Waals surface area (Å²) in [7, 11) is 0. The van der Waals surface area contributed by atoms with Crippen LogP contribution in [0.1, 0.15) is 33.1 Å². The van der Waals surface area contributed by atoms with Crippen LogP contribution < -0.4 is 5.32 Å². The summed E-state index contributed by atoms with van der Waals surface area (Å²) in [5.74, 6) is 1.37. The highest BCUT2D eigenvalue weighted by Gasteiger charge is 2.27. The van der Waals surface area contributed by atoms with Crippen LogP contribution in [0.25, 0.3) is 0 Å². The molecule has 0 heterocycles. The van der Waals surface area contributed by atoms with Gasteiger partial charge in [-0.25, -0.2) is 0 Å². The van der Waals surface area contributed by atoms with E-state index in [1.165, 1.54) is 19.3 Å². The van der Waals surface area contributed by atoms with Gasteiger partial charge in [-0.1, -0.05) is 20.3 Å². The molecule has 0 saturated heterocycles. The molecule has 1 rings (SSSR count). The molecular weight excluding hydrogens is 178 g/mol. The quantitative estimate of drug-likeness (QED) is 0.629. The highest BCUT2D eigenvalue weighted by molar-refractivity contribution is 4.83. The van der Waals surface area contributed by atoms with E-state index in [1.54, 1.807) is 0 Å². The van der Waals surface area contributed by atoms with Gasteiger partial charge >= 0.3 is 0 Å². The van der Waals surface area contributed by atoms with E-state index >= 15 is 0 Å². The summed E-state index contributed by atoms with van der Waals surface area (Å²) in [6.45, 7) is 4.88. The zero-order valence-electron chi connectivity index (χ0n) is 9.24. The molecule has 0 spiro atoms. The van der Waals surface area contributed by atoms with Crippen molar-refractivity contribution in [2.45, 2.75) is 45.3 Å². The number of rotatable bonds is 4. The first-order chi connectivity index (χ1) is 6.65. The topological polar surface area (TPSA) is 52.5 Å². The fourth-order valence-corrected chi connectivity index (χ4v) is 2.42. The molecule has 0 aliphatic heterocycles. The lowest BCUT2D eigenvalue weighted by atomic mass is 9.79. The first kappa shape index (κ1) is 12.0. The number of hydrogen-bond donors (Lipinski definition) is 3. The zero-order valence-corrected chi connectivity index (χ0v) is 9.24. The van der Waals surface area contributed by atoms with Crippen molar-refractivity contribution in [3.05, 3.63) is 0 Å². The predicted molar refractivity (Wildman–Crippen MR) is 57.1 cm³/mol. The number of nitrogens with one attached hydrogen (secondary N) is 1. The predicted octanol–water partition coefficient (Wildman–Crippen LogP) is 0.754. The first-order valence-electron chi connectivity index (χ1n) is 5.67. The molecule has 3 nitrogen and oxygen atoms in total. The Morgan fingerprint density at radius 2 is 1.86 bits per heavy atom. The van der Waals surface area contributed by atoms with Gasteiger partial charge in [0.25, 0.3) is 0 Å². The normalized spacial score (nSPS) is 35.6. The second kappa shape index (κ2) is 5.69. The fraction of sp³-hybridized carbons (Fsp3) is 1.00. The Balaban J connectivity index is 2.32. The third-order valence-corrected chi connectivity index (χ3v) is 3.34. The van der Waals surface area contributed by atoms with Crippen molar-refractivity contribution in [3.8, 4) is 0 Å². The van der Waals surface area contributed by atoms with E-state index in [1.807, 2.05) is 0 Å². The van der Waals surface area contributed by atoms with Crippen LogP contribution in [0.5, 0.6) is 0 Å². The smallest absolute Gasteiger partial charge is 0.0895 e. The number of hydrogen-bond acceptors (Lipinski definition) is 3. The van der Waals surface area contributed by atoms with Crippen molar-refractivity contribution in [2.24, 2.45) is 11.8 Å². The van der Waals surface area contributed by atoms with Crippen LogP contribution in [0, 0.1) is 11.8 Å². The summed E-state index contributed by atoms with van der Waals surface area (Å²) in [5, 5.41) is 21.3. The zero-order chi connectivity index (χ0) is 10.6. The van der Waals surface area contributed by atoms with Gasteiger partial charge in [-0.3, -0.25) is 0 Å². The average molecular weight is 201 g/mol. The van der Waals surface area contributed by atoms with Crippen LogP contribution in [0.2, 0.25) is 0 Å². The lowest BCUT2D eigenvalue weighted by Crippen LogP contribution is -2.46. The highest BCUT2D eigenvalue weighted by atomic mass is 16.3. The maximum Gasteiger partial charge on any atom is 0.0895 e. The molecular formula is C11H23NO2. The van der Waals surface area contributed by atoms with Crippen molar-refractivity contribution >= 4 is 0 Å². The third-order valence-electron chi connectivity index (χ3n) is 3.34. The second-order valence-electron chi connectivity index (χ2n) is 4.66. The Morgan fingerprint density at radius 3 is 2.36 bits per heavy atom. The van der Waals surface area contributed by atoms with Crippen LogP contribution in [-0.2, 0) is 0 Å². The average Bonchev–Trinajstić information content (AvgIpc) is 2.16. The van der Waals surface area contributed by atoms with Crippen molar-refractivity contribution in [1.82, 2.24) is 5.32 Å². The minimum Gasteiger partial charge on any atom is -0.394 e. The van der Waals surface area contributed by atoms with Crippen LogP contribution in [-0.4, -0.2) is 35.5 Å². The standard InChI is InChI=1S/C11H23NO2/c1-8-4-3-5-9(2)11(8)12-6-10(14)7-13/h8-14H,3-7H2,1-2H3. The van der Waals surface area contributed by atoms with Gasteiger partial charge in [-0.15, -0.1) is 0 Å². The van der Waals surface area contributed by atoms with Gasteiger partial charge in [0.1, 0.15) is 0 Å². The number of aliphatic hydroxyl groups is 2. The van der Waals surface area contributed by atoms with Crippen LogP contribution in [0.3, 0.4) is 0 Å². The third kappa shape index (κ3) is 3.23. The molecule has 1 aliphatic carbocycles. The van der Waals surface area contributed by atoms with Crippen molar-refractivity contribution in [3.63, 3.8) is 0 Å². The molecule has 1 fully saturated rings. The molecule has 3 unspecified atom stereocenters. The minimum atomic E-state index is -0.615. The van der Waals surface area contributed by atoms with E-state index in [0.717, 1.165) is 0 Å². The summed E-state index contributed by atoms with van der Waals surface area (Å²) < 4.78 is 0. The molecule has 3 atom stereocenters. The van der Waals surface area contributed by atoms with Crippen molar-refractivity contribution in [2.75, 3.05) is 13.2 Å². The van der Waals surface area contributed by atoms with Gasteiger partial charge in [-0.05, 0) is 24.7 Å². The van der Waals surface area contributed by atoms with Gasteiger partial charge in [0.05, 0.1) is 12.7 Å².